The van der Waals surface area contributed by atoms with Crippen LogP contribution in [0.3, 0.4) is 0 Å². The Hall–Kier alpha value is -2.09. The number of ether oxygens (including phenoxy) is 1. The molecule has 0 amide bonds. The predicted octanol–water partition coefficient (Wildman–Crippen LogP) is 9.33. The maximum Gasteiger partial charge on any atom is 0.416 e. The SMILES string of the molecule is CC1CCC[C@H]2C(CC[C@@H](O[C@@H](C)c3cc(C(F)(F)F)cc(C(F)(F)F)c3)[C@@H]2c2ccc(F)cc2)C1. The fourth-order valence-electron chi connectivity index (χ4n) is 6.24. The lowest BCUT2D eigenvalue weighted by atomic mass is 9.65. The van der Waals surface area contributed by atoms with Crippen LogP contribution in [0.4, 0.5) is 30.7 Å². The summed E-state index contributed by atoms with van der Waals surface area (Å²) in [4.78, 5) is 0. The first kappa shape index (κ1) is 27.0. The zero-order chi connectivity index (χ0) is 26.3. The van der Waals surface area contributed by atoms with Gasteiger partial charge in [0.05, 0.1) is 23.3 Å². The molecule has 0 bridgehead atoms. The Morgan fingerprint density at radius 3 is 2.03 bits per heavy atom. The highest BCUT2D eigenvalue weighted by molar-refractivity contribution is 5.35. The van der Waals surface area contributed by atoms with Gasteiger partial charge >= 0.3 is 12.4 Å². The minimum atomic E-state index is -4.92. The van der Waals surface area contributed by atoms with Crippen molar-refractivity contribution in [2.75, 3.05) is 0 Å². The maximum atomic E-state index is 13.7. The molecule has 0 spiro atoms. The van der Waals surface area contributed by atoms with Crippen molar-refractivity contribution in [2.24, 2.45) is 17.8 Å². The second-order valence-electron chi connectivity index (χ2n) is 10.5. The van der Waals surface area contributed by atoms with Gasteiger partial charge in [-0.05, 0) is 91.8 Å². The summed E-state index contributed by atoms with van der Waals surface area (Å²) >= 11 is 0. The summed E-state index contributed by atoms with van der Waals surface area (Å²) < 4.78 is 100. The highest BCUT2D eigenvalue weighted by Gasteiger charge is 2.43. The molecule has 0 N–H and O–H groups in total. The molecule has 0 saturated heterocycles. The monoisotopic (exact) mass is 516 g/mol. The first-order chi connectivity index (χ1) is 16.8. The molecule has 0 radical (unpaired) electrons. The van der Waals surface area contributed by atoms with E-state index >= 15 is 0 Å². The Morgan fingerprint density at radius 2 is 1.44 bits per heavy atom. The van der Waals surface area contributed by atoms with E-state index in [-0.39, 0.29) is 29.3 Å². The number of hydrogen-bond donors (Lipinski definition) is 0. The summed E-state index contributed by atoms with van der Waals surface area (Å²) in [6.07, 6.45) is -5.47. The van der Waals surface area contributed by atoms with Crippen LogP contribution >= 0.6 is 0 Å². The molecule has 36 heavy (non-hydrogen) atoms. The van der Waals surface area contributed by atoms with Crippen molar-refractivity contribution in [1.82, 2.24) is 0 Å². The molecule has 8 heteroatoms. The van der Waals surface area contributed by atoms with Gasteiger partial charge in [-0.25, -0.2) is 4.39 Å². The van der Waals surface area contributed by atoms with Crippen LogP contribution in [0.15, 0.2) is 42.5 Å². The molecule has 2 fully saturated rings. The van der Waals surface area contributed by atoms with Gasteiger partial charge in [-0.3, -0.25) is 0 Å². The van der Waals surface area contributed by atoms with Gasteiger partial charge in [0.15, 0.2) is 0 Å². The van der Waals surface area contributed by atoms with Crippen molar-refractivity contribution in [3.63, 3.8) is 0 Å². The minimum Gasteiger partial charge on any atom is -0.370 e. The van der Waals surface area contributed by atoms with Gasteiger partial charge in [0.1, 0.15) is 5.82 Å². The minimum absolute atomic E-state index is 0.106. The highest BCUT2D eigenvalue weighted by Crippen LogP contribution is 2.50. The highest BCUT2D eigenvalue weighted by atomic mass is 19.4. The number of fused-ring (bicyclic) bond motifs is 1. The average molecular weight is 517 g/mol. The lowest BCUT2D eigenvalue weighted by Crippen LogP contribution is -2.38. The topological polar surface area (TPSA) is 9.23 Å². The maximum absolute atomic E-state index is 13.7. The predicted molar refractivity (Wildman–Crippen MR) is 123 cm³/mol. The normalized spacial score (nSPS) is 28.3. The first-order valence-corrected chi connectivity index (χ1v) is 12.5. The van der Waals surface area contributed by atoms with Gasteiger partial charge in [-0.2, -0.15) is 26.3 Å². The molecule has 2 aliphatic carbocycles. The molecule has 2 saturated carbocycles. The van der Waals surface area contributed by atoms with Crippen LogP contribution in [0, 0.1) is 23.6 Å². The summed E-state index contributed by atoms with van der Waals surface area (Å²) in [5.74, 6) is 0.841. The molecule has 0 aromatic heterocycles. The summed E-state index contributed by atoms with van der Waals surface area (Å²) in [6, 6.07) is 7.85. The van der Waals surface area contributed by atoms with E-state index in [1.807, 2.05) is 0 Å². The summed E-state index contributed by atoms with van der Waals surface area (Å²) in [6.45, 7) is 3.74. The van der Waals surface area contributed by atoms with Gasteiger partial charge < -0.3 is 4.74 Å². The first-order valence-electron chi connectivity index (χ1n) is 12.5. The van der Waals surface area contributed by atoms with Gasteiger partial charge in [-0.15, -0.1) is 0 Å². The molecule has 2 aromatic rings. The van der Waals surface area contributed by atoms with E-state index in [4.69, 9.17) is 4.74 Å². The van der Waals surface area contributed by atoms with Gasteiger partial charge in [0.25, 0.3) is 0 Å². The van der Waals surface area contributed by atoms with Gasteiger partial charge in [-0.1, -0.05) is 31.9 Å². The lowest BCUT2D eigenvalue weighted by molar-refractivity contribution is -0.143. The summed E-state index contributed by atoms with van der Waals surface area (Å²) in [5, 5.41) is 0. The summed E-state index contributed by atoms with van der Waals surface area (Å²) in [7, 11) is 0. The molecule has 2 aliphatic rings. The standard InChI is InChI=1S/C28H31F7O/c1-16-4-3-5-24-19(12-16)8-11-25(26(24)18-6-9-23(29)10-7-18)36-17(2)20-13-21(27(30,31)32)15-22(14-20)28(33,34)35/h6-7,9-10,13-17,19,24-26H,3-5,8,11-12H2,1-2H3/t16?,17-,19?,24-,25+,26+/m0/s1. The summed E-state index contributed by atoms with van der Waals surface area (Å²) in [5.41, 5.74) is -1.96. The molecule has 0 aliphatic heterocycles. The average Bonchev–Trinajstić information content (AvgIpc) is 2.99. The fraction of sp³-hybridized carbons (Fsp3) is 0.571. The van der Waals surface area contributed by atoms with Crippen molar-refractivity contribution in [3.8, 4) is 0 Å². The Labute approximate surface area is 207 Å². The number of benzene rings is 2. The molecular formula is C28H31F7O. The third-order valence-corrected chi connectivity index (χ3v) is 7.94. The quantitative estimate of drug-likeness (QED) is 0.368. The largest absolute Gasteiger partial charge is 0.416 e. The van der Waals surface area contributed by atoms with Crippen molar-refractivity contribution in [2.45, 2.75) is 82.9 Å². The van der Waals surface area contributed by atoms with Crippen molar-refractivity contribution < 1.29 is 35.5 Å². The third-order valence-electron chi connectivity index (χ3n) is 7.94. The van der Waals surface area contributed by atoms with Gasteiger partial charge in [0, 0.05) is 5.92 Å². The zero-order valence-electron chi connectivity index (χ0n) is 20.3. The molecule has 2 unspecified atom stereocenters. The Kier molecular flexibility index (Phi) is 7.75. The molecule has 4 rings (SSSR count). The van der Waals surface area contributed by atoms with E-state index in [0.717, 1.165) is 49.8 Å². The fourth-order valence-corrected chi connectivity index (χ4v) is 6.24. The van der Waals surface area contributed by atoms with E-state index in [2.05, 4.69) is 6.92 Å². The number of hydrogen-bond acceptors (Lipinski definition) is 1. The van der Waals surface area contributed by atoms with Crippen molar-refractivity contribution in [3.05, 3.63) is 70.5 Å². The number of rotatable bonds is 4. The van der Waals surface area contributed by atoms with Crippen LogP contribution in [0.25, 0.3) is 0 Å². The Balaban J connectivity index is 1.67. The van der Waals surface area contributed by atoms with Crippen molar-refractivity contribution in [1.29, 1.82) is 0 Å². The molecule has 6 atom stereocenters. The lowest BCUT2D eigenvalue weighted by Gasteiger charge is -2.44. The van der Waals surface area contributed by atoms with Crippen LogP contribution in [0.1, 0.15) is 86.6 Å². The van der Waals surface area contributed by atoms with E-state index in [9.17, 15) is 30.7 Å². The van der Waals surface area contributed by atoms with E-state index < -0.39 is 35.7 Å². The van der Waals surface area contributed by atoms with E-state index in [0.29, 0.717) is 18.3 Å². The van der Waals surface area contributed by atoms with Crippen molar-refractivity contribution >= 4 is 0 Å². The molecule has 0 heterocycles. The van der Waals surface area contributed by atoms with E-state index in [1.54, 1.807) is 12.1 Å². The second kappa shape index (κ2) is 10.3. The van der Waals surface area contributed by atoms with Crippen LogP contribution < -0.4 is 0 Å². The molecule has 198 valence electrons. The zero-order valence-corrected chi connectivity index (χ0v) is 20.3. The van der Waals surface area contributed by atoms with Crippen LogP contribution in [0.5, 0.6) is 0 Å². The molecule has 1 nitrogen and oxygen atoms in total. The molecular weight excluding hydrogens is 485 g/mol. The van der Waals surface area contributed by atoms with Crippen LogP contribution in [-0.4, -0.2) is 6.10 Å². The van der Waals surface area contributed by atoms with Crippen LogP contribution in [-0.2, 0) is 17.1 Å². The molecule has 2 aromatic carbocycles. The Morgan fingerprint density at radius 1 is 0.833 bits per heavy atom. The second-order valence-corrected chi connectivity index (χ2v) is 10.5. The van der Waals surface area contributed by atoms with E-state index in [1.165, 1.54) is 19.1 Å². The third kappa shape index (κ3) is 6.06. The smallest absolute Gasteiger partial charge is 0.370 e. The number of alkyl halides is 6. The van der Waals surface area contributed by atoms with Gasteiger partial charge in [0.2, 0.25) is 0 Å². The number of halogens is 7. The van der Waals surface area contributed by atoms with Crippen LogP contribution in [0.2, 0.25) is 0 Å². The Bertz CT molecular complexity index is 995.